The first-order valence-corrected chi connectivity index (χ1v) is 8.97. The Morgan fingerprint density at radius 3 is 2.00 bits per heavy atom. The molecule has 0 aromatic heterocycles. The van der Waals surface area contributed by atoms with Gasteiger partial charge in [0.25, 0.3) is 0 Å². The Balaban J connectivity index is 1.59. The summed E-state index contributed by atoms with van der Waals surface area (Å²) in [6.45, 7) is 2.19. The number of hydrogen-bond donors (Lipinski definition) is 2. The summed E-state index contributed by atoms with van der Waals surface area (Å²) in [5.74, 6) is 0. The zero-order chi connectivity index (χ0) is 18.0. The molecule has 0 radical (unpaired) electrons. The smallest absolute Gasteiger partial charge is 0.361 e. The monoisotopic (exact) mass is 345 g/mol. The van der Waals surface area contributed by atoms with Crippen molar-refractivity contribution in [3.8, 4) is 0 Å². The van der Waals surface area contributed by atoms with E-state index in [-0.39, 0.29) is 13.5 Å². The van der Waals surface area contributed by atoms with E-state index in [1.807, 2.05) is 48.5 Å². The number of aliphatic hydroxyl groups excluding tert-OH is 1. The van der Waals surface area contributed by atoms with Crippen LogP contribution in [0.25, 0.3) is 0 Å². The van der Waals surface area contributed by atoms with Crippen LogP contribution in [0.5, 0.6) is 0 Å². The fourth-order valence-corrected chi connectivity index (χ4v) is 2.89. The number of benzene rings is 3. The maximum Gasteiger partial charge on any atom is 0.361 e. The molecule has 2 N–H and O–H groups in total. The molecule has 4 heteroatoms. The van der Waals surface area contributed by atoms with Crippen molar-refractivity contribution in [2.24, 2.45) is 0 Å². The molecule has 0 aliphatic heterocycles. The summed E-state index contributed by atoms with van der Waals surface area (Å²) in [7, 11) is 0. The first-order chi connectivity index (χ1) is 12.9. The summed E-state index contributed by atoms with van der Waals surface area (Å²) >= 11 is 0. The van der Waals surface area contributed by atoms with Gasteiger partial charge in [-0.05, 0) is 22.1 Å². The molecule has 0 amide bonds. The minimum Gasteiger partial charge on any atom is -0.426 e. The van der Waals surface area contributed by atoms with Gasteiger partial charge in [-0.25, -0.2) is 0 Å². The van der Waals surface area contributed by atoms with Crippen molar-refractivity contribution < 1.29 is 9.76 Å². The Hall–Kier alpha value is -2.40. The molecule has 0 spiro atoms. The van der Waals surface area contributed by atoms with Crippen molar-refractivity contribution in [3.63, 3.8) is 0 Å². The van der Waals surface area contributed by atoms with Crippen molar-refractivity contribution in [2.45, 2.75) is 13.2 Å². The average molecular weight is 345 g/mol. The maximum atomic E-state index is 9.24. The summed E-state index contributed by atoms with van der Waals surface area (Å²) in [5.41, 5.74) is 4.40. The van der Waals surface area contributed by atoms with E-state index in [4.69, 9.17) is 4.65 Å². The molecule has 3 rings (SSSR count). The second-order valence-electron chi connectivity index (χ2n) is 6.22. The largest absolute Gasteiger partial charge is 0.426 e. The fourth-order valence-electron chi connectivity index (χ4n) is 2.89. The first kappa shape index (κ1) is 18.4. The highest BCUT2D eigenvalue weighted by Gasteiger charge is 2.20. The van der Waals surface area contributed by atoms with Gasteiger partial charge in [0.05, 0.1) is 6.61 Å². The third-order valence-corrected chi connectivity index (χ3v) is 4.30. The van der Waals surface area contributed by atoms with Gasteiger partial charge < -0.3 is 15.1 Å². The lowest BCUT2D eigenvalue weighted by Gasteiger charge is -2.16. The molecule has 3 aromatic rings. The molecule has 3 nitrogen and oxygen atoms in total. The van der Waals surface area contributed by atoms with Gasteiger partial charge in [0.2, 0.25) is 0 Å². The fraction of sp³-hybridized carbons (Fsp3) is 0.182. The number of rotatable bonds is 9. The van der Waals surface area contributed by atoms with Crippen LogP contribution < -0.4 is 16.2 Å². The Morgan fingerprint density at radius 2 is 1.35 bits per heavy atom. The summed E-state index contributed by atoms with van der Waals surface area (Å²) in [6.07, 6.45) is 0. The van der Waals surface area contributed by atoms with Crippen LogP contribution in [0.1, 0.15) is 11.1 Å². The van der Waals surface area contributed by atoms with E-state index in [0.29, 0.717) is 6.61 Å². The lowest BCUT2D eigenvalue weighted by molar-refractivity contribution is 0.282. The predicted molar refractivity (Wildman–Crippen MR) is 108 cm³/mol. The van der Waals surface area contributed by atoms with Gasteiger partial charge in [-0.3, -0.25) is 0 Å². The molecule has 0 saturated heterocycles. The van der Waals surface area contributed by atoms with Crippen LogP contribution in [0.4, 0.5) is 0 Å². The highest BCUT2D eigenvalue weighted by atomic mass is 16.4. The van der Waals surface area contributed by atoms with E-state index < -0.39 is 0 Å². The number of aliphatic hydroxyl groups is 1. The summed E-state index contributed by atoms with van der Waals surface area (Å²) in [6, 6.07) is 28.5. The van der Waals surface area contributed by atoms with Crippen LogP contribution in [-0.4, -0.2) is 25.2 Å². The lowest BCUT2D eigenvalue weighted by atomic mass is 9.55. The van der Waals surface area contributed by atoms with Gasteiger partial charge in [-0.2, -0.15) is 0 Å². The quantitative estimate of drug-likeness (QED) is 0.461. The Kier molecular flexibility index (Phi) is 7.02. The lowest BCUT2D eigenvalue weighted by Crippen LogP contribution is -2.46. The molecule has 0 atom stereocenters. The van der Waals surface area contributed by atoms with Crippen LogP contribution in [0.15, 0.2) is 84.9 Å². The maximum absolute atomic E-state index is 9.24. The first-order valence-electron chi connectivity index (χ1n) is 8.97. The Morgan fingerprint density at radius 1 is 0.731 bits per heavy atom. The highest BCUT2D eigenvalue weighted by Crippen LogP contribution is 2.00. The van der Waals surface area contributed by atoms with Crippen LogP contribution in [0.2, 0.25) is 0 Å². The SMILES string of the molecule is OCc1ccc(B(OCCNCc2ccccc2)c2ccccc2)cc1. The van der Waals surface area contributed by atoms with Gasteiger partial charge in [-0.15, -0.1) is 0 Å². The molecular formula is C22H24BNO2. The minimum atomic E-state index is -0.109. The third-order valence-electron chi connectivity index (χ3n) is 4.30. The molecule has 0 aliphatic rings. The number of hydrogen-bond acceptors (Lipinski definition) is 3. The van der Waals surface area contributed by atoms with Crippen LogP contribution in [0, 0.1) is 0 Å². The predicted octanol–water partition coefficient (Wildman–Crippen LogP) is 2.09. The third kappa shape index (κ3) is 5.30. The summed E-state index contributed by atoms with van der Waals surface area (Å²) < 4.78 is 6.20. The Bertz CT molecular complexity index is 763. The normalized spacial score (nSPS) is 10.7. The van der Waals surface area contributed by atoms with E-state index in [1.165, 1.54) is 5.56 Å². The van der Waals surface area contributed by atoms with Crippen molar-refractivity contribution in [2.75, 3.05) is 13.2 Å². The number of nitrogens with one attached hydrogen (secondary N) is 1. The van der Waals surface area contributed by atoms with Gasteiger partial charge in [0.15, 0.2) is 0 Å². The van der Waals surface area contributed by atoms with E-state index in [2.05, 4.69) is 41.7 Å². The molecule has 3 aromatic carbocycles. The van der Waals surface area contributed by atoms with Gasteiger partial charge in [0.1, 0.15) is 0 Å². The second kappa shape index (κ2) is 9.93. The van der Waals surface area contributed by atoms with E-state index in [9.17, 15) is 5.11 Å². The molecule has 132 valence electrons. The van der Waals surface area contributed by atoms with Gasteiger partial charge in [0, 0.05) is 19.7 Å². The average Bonchev–Trinajstić information content (AvgIpc) is 2.72. The molecule has 0 fully saturated rings. The molecule has 0 aliphatic carbocycles. The molecule has 0 unspecified atom stereocenters. The van der Waals surface area contributed by atoms with Gasteiger partial charge in [-0.1, -0.05) is 84.9 Å². The molecule has 0 heterocycles. The molecule has 26 heavy (non-hydrogen) atoms. The molecule has 0 bridgehead atoms. The molecule has 0 saturated carbocycles. The summed E-state index contributed by atoms with van der Waals surface area (Å²) in [4.78, 5) is 0. The minimum absolute atomic E-state index is 0.0561. The van der Waals surface area contributed by atoms with Crippen LogP contribution >= 0.6 is 0 Å². The van der Waals surface area contributed by atoms with Crippen LogP contribution in [0.3, 0.4) is 0 Å². The van der Waals surface area contributed by atoms with Crippen molar-refractivity contribution in [3.05, 3.63) is 96.1 Å². The zero-order valence-electron chi connectivity index (χ0n) is 14.8. The Labute approximate surface area is 155 Å². The summed E-state index contributed by atoms with van der Waals surface area (Å²) in [5, 5.41) is 12.7. The molecular weight excluding hydrogens is 321 g/mol. The van der Waals surface area contributed by atoms with Crippen molar-refractivity contribution >= 4 is 17.8 Å². The van der Waals surface area contributed by atoms with E-state index in [0.717, 1.165) is 29.6 Å². The standard InChI is InChI=1S/C22H24BNO2/c25-18-20-11-13-22(14-12-20)23(21-9-5-2-6-10-21)26-16-15-24-17-19-7-3-1-4-8-19/h1-14,24-25H,15-18H2. The van der Waals surface area contributed by atoms with Crippen LogP contribution in [-0.2, 0) is 17.8 Å². The van der Waals surface area contributed by atoms with E-state index in [1.54, 1.807) is 0 Å². The topological polar surface area (TPSA) is 41.5 Å². The second-order valence-corrected chi connectivity index (χ2v) is 6.22. The van der Waals surface area contributed by atoms with Gasteiger partial charge >= 0.3 is 6.92 Å². The van der Waals surface area contributed by atoms with Crippen molar-refractivity contribution in [1.29, 1.82) is 0 Å². The van der Waals surface area contributed by atoms with Crippen molar-refractivity contribution in [1.82, 2.24) is 5.32 Å². The zero-order valence-corrected chi connectivity index (χ0v) is 14.8. The highest BCUT2D eigenvalue weighted by molar-refractivity contribution is 6.80. The van der Waals surface area contributed by atoms with E-state index >= 15 is 0 Å².